The Kier molecular flexibility index (Phi) is 10.5. The molecule has 1 aromatic carbocycles. The zero-order valence-electron chi connectivity index (χ0n) is 13.3. The second-order valence-corrected chi connectivity index (χ2v) is 5.07. The Morgan fingerprint density at radius 1 is 1.10 bits per heavy atom. The monoisotopic (exact) mass is 291 g/mol. The molecule has 1 rings (SSSR count). The van der Waals surface area contributed by atoms with E-state index in [-0.39, 0.29) is 0 Å². The van der Waals surface area contributed by atoms with Crippen molar-refractivity contribution in [3.05, 3.63) is 42.5 Å². The summed E-state index contributed by atoms with van der Waals surface area (Å²) < 4.78 is 11.1. The minimum absolute atomic E-state index is 0.743. The van der Waals surface area contributed by atoms with E-state index in [0.717, 1.165) is 51.5 Å². The second kappa shape index (κ2) is 12.4. The molecule has 0 aliphatic rings. The summed E-state index contributed by atoms with van der Waals surface area (Å²) in [5, 5.41) is 3.37. The number of hydrogen-bond acceptors (Lipinski definition) is 3. The Hall–Kier alpha value is -1.32. The number of rotatable bonds is 13. The second-order valence-electron chi connectivity index (χ2n) is 5.07. The Morgan fingerprint density at radius 3 is 2.62 bits per heavy atom. The van der Waals surface area contributed by atoms with E-state index in [1.807, 2.05) is 18.2 Å². The van der Waals surface area contributed by atoms with Crippen molar-refractivity contribution in [2.24, 2.45) is 0 Å². The van der Waals surface area contributed by atoms with Gasteiger partial charge in [-0.2, -0.15) is 0 Å². The molecule has 0 spiro atoms. The fraction of sp³-hybridized carbons (Fsp3) is 0.556. The first kappa shape index (κ1) is 17.7. The van der Waals surface area contributed by atoms with E-state index in [1.54, 1.807) is 0 Å². The average molecular weight is 291 g/mol. The van der Waals surface area contributed by atoms with Gasteiger partial charge in [0.05, 0.1) is 19.8 Å². The minimum Gasteiger partial charge on any atom is -0.494 e. The maximum absolute atomic E-state index is 5.70. The van der Waals surface area contributed by atoms with Gasteiger partial charge in [0.25, 0.3) is 0 Å². The van der Waals surface area contributed by atoms with Gasteiger partial charge >= 0.3 is 0 Å². The molecule has 3 heteroatoms. The van der Waals surface area contributed by atoms with Crippen LogP contribution in [0, 0.1) is 0 Å². The summed E-state index contributed by atoms with van der Waals surface area (Å²) in [7, 11) is 0. The van der Waals surface area contributed by atoms with Crippen LogP contribution in [0.3, 0.4) is 0 Å². The highest BCUT2D eigenvalue weighted by Crippen LogP contribution is 2.12. The van der Waals surface area contributed by atoms with Gasteiger partial charge in [-0.05, 0) is 30.5 Å². The fourth-order valence-corrected chi connectivity index (χ4v) is 1.89. The highest BCUT2D eigenvalue weighted by atomic mass is 16.5. The van der Waals surface area contributed by atoms with Gasteiger partial charge in [0, 0.05) is 13.1 Å². The standard InChI is InChI=1S/C18H29NO2/c1-3-5-7-14-21-18-10-8-17(9-11-18)16-19-12-15-20-13-6-4-2/h4,8-11,19H,2-3,5-7,12-16H2,1H3. The molecule has 0 unspecified atom stereocenters. The molecule has 21 heavy (non-hydrogen) atoms. The van der Waals surface area contributed by atoms with Crippen LogP contribution >= 0.6 is 0 Å². The van der Waals surface area contributed by atoms with Crippen molar-refractivity contribution in [2.45, 2.75) is 39.2 Å². The molecule has 0 aliphatic heterocycles. The van der Waals surface area contributed by atoms with Crippen LogP contribution < -0.4 is 10.1 Å². The maximum Gasteiger partial charge on any atom is 0.119 e. The molecule has 0 heterocycles. The maximum atomic E-state index is 5.70. The summed E-state index contributed by atoms with van der Waals surface area (Å²) in [5.41, 5.74) is 1.27. The third-order valence-electron chi connectivity index (χ3n) is 3.16. The van der Waals surface area contributed by atoms with Crippen LogP contribution in [0.4, 0.5) is 0 Å². The molecule has 0 saturated heterocycles. The number of nitrogens with one attached hydrogen (secondary N) is 1. The molecule has 0 aromatic heterocycles. The van der Waals surface area contributed by atoms with Crippen molar-refractivity contribution in [1.29, 1.82) is 0 Å². The van der Waals surface area contributed by atoms with Crippen molar-refractivity contribution >= 4 is 0 Å². The van der Waals surface area contributed by atoms with Crippen molar-refractivity contribution in [1.82, 2.24) is 5.32 Å². The third-order valence-corrected chi connectivity index (χ3v) is 3.16. The number of hydrogen-bond donors (Lipinski definition) is 1. The lowest BCUT2D eigenvalue weighted by Crippen LogP contribution is -2.19. The van der Waals surface area contributed by atoms with E-state index in [4.69, 9.17) is 9.47 Å². The summed E-state index contributed by atoms with van der Waals surface area (Å²) >= 11 is 0. The summed E-state index contributed by atoms with van der Waals surface area (Å²) in [6.45, 7) is 9.91. The highest BCUT2D eigenvalue weighted by molar-refractivity contribution is 5.27. The normalized spacial score (nSPS) is 10.5. The SMILES string of the molecule is C=CCCOCCNCc1ccc(OCCCCC)cc1. The van der Waals surface area contributed by atoms with E-state index in [9.17, 15) is 0 Å². The van der Waals surface area contributed by atoms with Crippen LogP contribution in [0.1, 0.15) is 38.2 Å². The van der Waals surface area contributed by atoms with E-state index in [0.29, 0.717) is 0 Å². The van der Waals surface area contributed by atoms with Crippen LogP contribution in [0.15, 0.2) is 36.9 Å². The van der Waals surface area contributed by atoms with E-state index < -0.39 is 0 Å². The van der Waals surface area contributed by atoms with E-state index in [2.05, 4.69) is 31.0 Å². The van der Waals surface area contributed by atoms with Gasteiger partial charge in [-0.1, -0.05) is 38.0 Å². The number of ether oxygens (including phenoxy) is 2. The van der Waals surface area contributed by atoms with E-state index >= 15 is 0 Å². The molecule has 1 aromatic rings. The van der Waals surface area contributed by atoms with Crippen LogP contribution in [-0.4, -0.2) is 26.4 Å². The van der Waals surface area contributed by atoms with Crippen molar-refractivity contribution in [2.75, 3.05) is 26.4 Å². The molecule has 0 atom stereocenters. The molecular formula is C18H29NO2. The molecule has 1 N–H and O–H groups in total. The van der Waals surface area contributed by atoms with Gasteiger partial charge in [0.2, 0.25) is 0 Å². The molecule has 3 nitrogen and oxygen atoms in total. The number of benzene rings is 1. The molecular weight excluding hydrogens is 262 g/mol. The molecule has 0 bridgehead atoms. The minimum atomic E-state index is 0.743. The van der Waals surface area contributed by atoms with Crippen molar-refractivity contribution < 1.29 is 9.47 Å². The van der Waals surface area contributed by atoms with Crippen molar-refractivity contribution in [3.63, 3.8) is 0 Å². The molecule has 118 valence electrons. The van der Waals surface area contributed by atoms with Crippen LogP contribution in [0.25, 0.3) is 0 Å². The van der Waals surface area contributed by atoms with Crippen molar-refractivity contribution in [3.8, 4) is 5.75 Å². The average Bonchev–Trinajstić information content (AvgIpc) is 2.52. The summed E-state index contributed by atoms with van der Waals surface area (Å²) in [5.74, 6) is 0.961. The summed E-state index contributed by atoms with van der Waals surface area (Å²) in [6, 6.07) is 8.31. The van der Waals surface area contributed by atoms with Gasteiger partial charge in [0.15, 0.2) is 0 Å². The van der Waals surface area contributed by atoms with Gasteiger partial charge in [0.1, 0.15) is 5.75 Å². The summed E-state index contributed by atoms with van der Waals surface area (Å²) in [4.78, 5) is 0. The first-order chi connectivity index (χ1) is 10.4. The molecule has 0 amide bonds. The molecule has 0 aliphatic carbocycles. The van der Waals surface area contributed by atoms with Crippen LogP contribution in [0.2, 0.25) is 0 Å². The fourth-order valence-electron chi connectivity index (χ4n) is 1.89. The molecule has 0 radical (unpaired) electrons. The van der Waals surface area contributed by atoms with Crippen LogP contribution in [-0.2, 0) is 11.3 Å². The van der Waals surface area contributed by atoms with Gasteiger partial charge < -0.3 is 14.8 Å². The Balaban J connectivity index is 2.09. The third kappa shape index (κ3) is 9.27. The van der Waals surface area contributed by atoms with E-state index in [1.165, 1.54) is 18.4 Å². The first-order valence-corrected chi connectivity index (χ1v) is 7.98. The Bertz CT molecular complexity index is 362. The lowest BCUT2D eigenvalue weighted by atomic mass is 10.2. The molecule has 0 saturated carbocycles. The lowest BCUT2D eigenvalue weighted by molar-refractivity contribution is 0.140. The predicted octanol–water partition coefficient (Wildman–Crippen LogP) is 3.94. The van der Waals surface area contributed by atoms with Gasteiger partial charge in [-0.25, -0.2) is 0 Å². The quantitative estimate of drug-likeness (QED) is 0.441. The van der Waals surface area contributed by atoms with Gasteiger partial charge in [-0.15, -0.1) is 6.58 Å². The topological polar surface area (TPSA) is 30.5 Å². The number of unbranched alkanes of at least 4 members (excludes halogenated alkanes) is 2. The zero-order valence-corrected chi connectivity index (χ0v) is 13.3. The first-order valence-electron chi connectivity index (χ1n) is 7.98. The Morgan fingerprint density at radius 2 is 1.90 bits per heavy atom. The van der Waals surface area contributed by atoms with Gasteiger partial charge in [-0.3, -0.25) is 0 Å². The largest absolute Gasteiger partial charge is 0.494 e. The highest BCUT2D eigenvalue weighted by Gasteiger charge is 1.96. The lowest BCUT2D eigenvalue weighted by Gasteiger charge is -2.08. The summed E-state index contributed by atoms with van der Waals surface area (Å²) in [6.07, 6.45) is 6.38. The smallest absolute Gasteiger partial charge is 0.119 e. The Labute approximate surface area is 129 Å². The molecule has 0 fully saturated rings. The zero-order chi connectivity index (χ0) is 15.2. The predicted molar refractivity (Wildman–Crippen MR) is 88.8 cm³/mol. The van der Waals surface area contributed by atoms with Crippen LogP contribution in [0.5, 0.6) is 5.75 Å².